The molecule has 1 aromatic heterocycles. The first kappa shape index (κ1) is 25.0. The van der Waals surface area contributed by atoms with Crippen molar-refractivity contribution in [2.75, 3.05) is 19.6 Å². The fourth-order valence-electron chi connectivity index (χ4n) is 4.84. The van der Waals surface area contributed by atoms with Gasteiger partial charge in [0.15, 0.2) is 5.78 Å². The Hall–Kier alpha value is -3.13. The summed E-state index contributed by atoms with van der Waals surface area (Å²) in [6.45, 7) is 1.07. The molecule has 1 aliphatic carbocycles. The first-order valence-corrected chi connectivity index (χ1v) is 12.4. The predicted octanol–water partition coefficient (Wildman–Crippen LogP) is 3.77. The summed E-state index contributed by atoms with van der Waals surface area (Å²) >= 11 is 0. The summed E-state index contributed by atoms with van der Waals surface area (Å²) in [4.78, 5) is 46.3. The lowest BCUT2D eigenvalue weighted by Gasteiger charge is -2.34. The lowest BCUT2D eigenvalue weighted by Crippen LogP contribution is -2.46. The Bertz CT molecular complexity index is 1010. The zero-order valence-electron chi connectivity index (χ0n) is 19.9. The van der Waals surface area contributed by atoms with Crippen LogP contribution in [0.25, 0.3) is 0 Å². The number of pyridine rings is 1. The lowest BCUT2D eigenvalue weighted by atomic mass is 9.94. The molecule has 4 rings (SSSR count). The summed E-state index contributed by atoms with van der Waals surface area (Å²) in [5, 5.41) is 0. The molecule has 0 bridgehead atoms. The molecule has 0 N–H and O–H groups in total. The average Bonchev–Trinajstić information content (AvgIpc) is 3.06. The van der Waals surface area contributed by atoms with E-state index >= 15 is 0 Å². The van der Waals surface area contributed by atoms with Crippen LogP contribution in [0.1, 0.15) is 60.9 Å². The molecule has 2 heterocycles. The maximum atomic E-state index is 13.2. The van der Waals surface area contributed by atoms with Crippen LogP contribution in [0.4, 0.5) is 4.39 Å². The molecule has 2 aromatic rings. The smallest absolute Gasteiger partial charge is 0.242 e. The molecule has 186 valence electrons. The monoisotopic (exact) mass is 481 g/mol. The fraction of sp³-hybridized carbons (Fsp3) is 0.481. The minimum absolute atomic E-state index is 0.00268. The van der Waals surface area contributed by atoms with Crippen LogP contribution in [0.15, 0.2) is 48.8 Å². The normalized spacial score (nSPS) is 19.5. The third kappa shape index (κ3) is 6.94. The Balaban J connectivity index is 1.42. The van der Waals surface area contributed by atoms with Gasteiger partial charge in [0.05, 0.1) is 19.3 Å². The fourth-order valence-corrected chi connectivity index (χ4v) is 4.84. The largest absolute Gasteiger partial charge is 0.370 e. The van der Waals surface area contributed by atoms with E-state index in [0.29, 0.717) is 25.3 Å². The molecule has 0 unspecified atom stereocenters. The summed E-state index contributed by atoms with van der Waals surface area (Å²) in [6, 6.07) is 9.24. The molecule has 1 saturated carbocycles. The van der Waals surface area contributed by atoms with Crippen LogP contribution in [0.5, 0.6) is 0 Å². The van der Waals surface area contributed by atoms with Crippen LogP contribution in [0.3, 0.4) is 0 Å². The standard InChI is InChI=1S/C27H32FN3O4/c28-22-10-8-21(9-11-22)25(32)12-13-26(33)30-16-24(35-19-20-5-4-14-29-15-20)17-31(27(34)18-30)23-6-2-1-3-7-23/h4-5,8-11,14-15,23-24H,1-3,6-7,12-13,16-19H2/t24-/m1/s1. The Kier molecular flexibility index (Phi) is 8.58. The second-order valence-corrected chi connectivity index (χ2v) is 9.34. The second kappa shape index (κ2) is 12.0. The molecule has 8 heteroatoms. The molecular weight excluding hydrogens is 449 g/mol. The van der Waals surface area contributed by atoms with E-state index in [-0.39, 0.29) is 49.1 Å². The van der Waals surface area contributed by atoms with Crippen molar-refractivity contribution in [2.45, 2.75) is 63.7 Å². The van der Waals surface area contributed by atoms with Crippen molar-refractivity contribution < 1.29 is 23.5 Å². The minimum Gasteiger partial charge on any atom is -0.370 e. The topological polar surface area (TPSA) is 79.8 Å². The van der Waals surface area contributed by atoms with Crippen LogP contribution in [-0.2, 0) is 20.9 Å². The highest BCUT2D eigenvalue weighted by molar-refractivity contribution is 5.98. The van der Waals surface area contributed by atoms with E-state index in [0.717, 1.165) is 31.2 Å². The number of benzene rings is 1. The number of rotatable bonds is 8. The van der Waals surface area contributed by atoms with Crippen LogP contribution in [-0.4, -0.2) is 64.2 Å². The van der Waals surface area contributed by atoms with Crippen molar-refractivity contribution in [3.63, 3.8) is 0 Å². The van der Waals surface area contributed by atoms with E-state index in [9.17, 15) is 18.8 Å². The van der Waals surface area contributed by atoms with E-state index in [1.165, 1.54) is 35.6 Å². The van der Waals surface area contributed by atoms with Crippen molar-refractivity contribution in [1.29, 1.82) is 0 Å². The van der Waals surface area contributed by atoms with E-state index < -0.39 is 5.82 Å². The molecule has 1 aromatic carbocycles. The van der Waals surface area contributed by atoms with E-state index in [4.69, 9.17) is 4.74 Å². The van der Waals surface area contributed by atoms with E-state index in [1.54, 1.807) is 12.4 Å². The van der Waals surface area contributed by atoms with Crippen molar-refractivity contribution in [3.8, 4) is 0 Å². The van der Waals surface area contributed by atoms with Gasteiger partial charge in [0.2, 0.25) is 11.8 Å². The summed E-state index contributed by atoms with van der Waals surface area (Å²) in [7, 11) is 0. The Morgan fingerprint density at radius 1 is 1.03 bits per heavy atom. The van der Waals surface area contributed by atoms with Gasteiger partial charge in [-0.3, -0.25) is 19.4 Å². The summed E-state index contributed by atoms with van der Waals surface area (Å²) in [6.07, 6.45) is 8.43. The molecule has 0 radical (unpaired) electrons. The summed E-state index contributed by atoms with van der Waals surface area (Å²) in [5.74, 6) is -0.967. The van der Waals surface area contributed by atoms with Gasteiger partial charge in [0, 0.05) is 49.9 Å². The molecule has 2 aliphatic rings. The molecule has 7 nitrogen and oxygen atoms in total. The van der Waals surface area contributed by atoms with E-state index in [2.05, 4.69) is 4.98 Å². The number of halogens is 1. The highest BCUT2D eigenvalue weighted by Gasteiger charge is 2.34. The second-order valence-electron chi connectivity index (χ2n) is 9.34. The lowest BCUT2D eigenvalue weighted by molar-refractivity contribution is -0.140. The number of hydrogen-bond acceptors (Lipinski definition) is 5. The van der Waals surface area contributed by atoms with Crippen LogP contribution in [0, 0.1) is 5.82 Å². The Labute approximate surface area is 205 Å². The van der Waals surface area contributed by atoms with Crippen LogP contribution in [0.2, 0.25) is 0 Å². The Morgan fingerprint density at radius 3 is 2.51 bits per heavy atom. The molecule has 0 spiro atoms. The maximum Gasteiger partial charge on any atom is 0.242 e. The molecule has 2 fully saturated rings. The van der Waals surface area contributed by atoms with Gasteiger partial charge >= 0.3 is 0 Å². The highest BCUT2D eigenvalue weighted by Crippen LogP contribution is 2.25. The Morgan fingerprint density at radius 2 is 1.80 bits per heavy atom. The quantitative estimate of drug-likeness (QED) is 0.536. The first-order valence-electron chi connectivity index (χ1n) is 12.4. The van der Waals surface area contributed by atoms with Gasteiger partial charge in [-0.05, 0) is 48.7 Å². The molecule has 2 amide bonds. The third-order valence-electron chi connectivity index (χ3n) is 6.78. The average molecular weight is 482 g/mol. The van der Waals surface area contributed by atoms with Gasteiger partial charge in [0.25, 0.3) is 0 Å². The van der Waals surface area contributed by atoms with Gasteiger partial charge < -0.3 is 14.5 Å². The zero-order valence-corrected chi connectivity index (χ0v) is 19.9. The SMILES string of the molecule is O=C(CCC(=O)N1CC(=O)N(C2CCCCC2)C[C@H](OCc2cccnc2)C1)c1ccc(F)cc1. The number of carbonyl (C=O) groups excluding carboxylic acids is 3. The molecular formula is C27H32FN3O4. The number of nitrogens with zero attached hydrogens (tertiary/aromatic N) is 3. The van der Waals surface area contributed by atoms with Gasteiger partial charge in [-0.15, -0.1) is 0 Å². The van der Waals surface area contributed by atoms with Gasteiger partial charge in [0.1, 0.15) is 5.82 Å². The van der Waals surface area contributed by atoms with Gasteiger partial charge in [-0.1, -0.05) is 25.3 Å². The molecule has 1 atom stereocenters. The minimum atomic E-state index is -0.416. The van der Waals surface area contributed by atoms with Crippen molar-refractivity contribution in [1.82, 2.24) is 14.8 Å². The number of ether oxygens (including phenoxy) is 1. The van der Waals surface area contributed by atoms with Crippen LogP contribution < -0.4 is 0 Å². The number of Topliss-reactive ketones (excluding diaryl/α,β-unsaturated/α-hetero) is 1. The van der Waals surface area contributed by atoms with Gasteiger partial charge in [-0.25, -0.2) is 4.39 Å². The number of carbonyl (C=O) groups is 3. The van der Waals surface area contributed by atoms with Gasteiger partial charge in [-0.2, -0.15) is 0 Å². The van der Waals surface area contributed by atoms with E-state index in [1.807, 2.05) is 17.0 Å². The maximum absolute atomic E-state index is 13.2. The third-order valence-corrected chi connectivity index (χ3v) is 6.78. The van der Waals surface area contributed by atoms with Crippen molar-refractivity contribution in [3.05, 3.63) is 65.7 Å². The highest BCUT2D eigenvalue weighted by atomic mass is 19.1. The predicted molar refractivity (Wildman–Crippen MR) is 128 cm³/mol. The number of ketones is 1. The van der Waals surface area contributed by atoms with Crippen LogP contribution >= 0.6 is 0 Å². The van der Waals surface area contributed by atoms with Crippen molar-refractivity contribution in [2.24, 2.45) is 0 Å². The number of amides is 2. The summed E-state index contributed by atoms with van der Waals surface area (Å²) < 4.78 is 19.3. The zero-order chi connectivity index (χ0) is 24.6. The summed E-state index contributed by atoms with van der Waals surface area (Å²) in [5.41, 5.74) is 1.29. The first-order chi connectivity index (χ1) is 17.0. The number of aromatic nitrogens is 1. The molecule has 1 aliphatic heterocycles. The number of hydrogen-bond donors (Lipinski definition) is 0. The van der Waals surface area contributed by atoms with Crippen molar-refractivity contribution >= 4 is 17.6 Å². The molecule has 35 heavy (non-hydrogen) atoms. The molecule has 1 saturated heterocycles.